The first-order valence-electron chi connectivity index (χ1n) is 4.69. The molecule has 0 bridgehead atoms. The summed E-state index contributed by atoms with van der Waals surface area (Å²) >= 11 is 0. The van der Waals surface area contributed by atoms with Gasteiger partial charge in [0.05, 0.1) is 12.7 Å². The van der Waals surface area contributed by atoms with Gasteiger partial charge < -0.3 is 15.6 Å². The van der Waals surface area contributed by atoms with Gasteiger partial charge in [-0.15, -0.1) is 12.4 Å². The maximum absolute atomic E-state index is 13.1. The van der Waals surface area contributed by atoms with Gasteiger partial charge in [-0.2, -0.15) is 22.0 Å². The Morgan fingerprint density at radius 2 is 1.74 bits per heavy atom. The predicted molar refractivity (Wildman–Crippen MR) is 59.8 cm³/mol. The fourth-order valence-corrected chi connectivity index (χ4v) is 1.38. The number of hydrogen-bond acceptors (Lipinski definition) is 3. The minimum Gasteiger partial charge on any atom is -0.507 e. The molecule has 1 rings (SSSR count). The van der Waals surface area contributed by atoms with Gasteiger partial charge in [0.1, 0.15) is 17.5 Å². The molecular weight excluding hydrogens is 297 g/mol. The van der Waals surface area contributed by atoms with Crippen molar-refractivity contribution >= 4 is 12.4 Å². The van der Waals surface area contributed by atoms with Crippen LogP contribution in [-0.4, -0.2) is 24.3 Å². The lowest BCUT2D eigenvalue weighted by atomic mass is 9.99. The highest BCUT2D eigenvalue weighted by Crippen LogP contribution is 2.47. The number of phenols is 1. The first-order valence-corrected chi connectivity index (χ1v) is 4.69. The van der Waals surface area contributed by atoms with E-state index < -0.39 is 29.5 Å². The van der Waals surface area contributed by atoms with Gasteiger partial charge in [-0.25, -0.2) is 0 Å². The number of hydrogen-bond donors (Lipinski definition) is 2. The second-order valence-corrected chi connectivity index (χ2v) is 3.49. The Morgan fingerprint density at radius 1 is 1.21 bits per heavy atom. The van der Waals surface area contributed by atoms with Gasteiger partial charge in [0.25, 0.3) is 0 Å². The van der Waals surface area contributed by atoms with Crippen LogP contribution in [0.5, 0.6) is 11.5 Å². The smallest absolute Gasteiger partial charge is 0.455 e. The van der Waals surface area contributed by atoms with Gasteiger partial charge >= 0.3 is 12.1 Å². The molecule has 110 valence electrons. The number of phenolic OH excluding ortho intramolecular Hbond substituents is 1. The zero-order valence-electron chi connectivity index (χ0n) is 9.54. The molecule has 0 aliphatic heterocycles. The number of halogens is 6. The number of methoxy groups -OCH3 is 1. The Bertz CT molecular complexity index is 438. The van der Waals surface area contributed by atoms with Gasteiger partial charge in [0.2, 0.25) is 0 Å². The molecule has 0 unspecified atom stereocenters. The number of alkyl halides is 5. The Hall–Kier alpha value is -1.28. The summed E-state index contributed by atoms with van der Waals surface area (Å²) in [5.41, 5.74) is 4.14. The summed E-state index contributed by atoms with van der Waals surface area (Å²) in [5, 5.41) is 9.36. The topological polar surface area (TPSA) is 55.5 Å². The van der Waals surface area contributed by atoms with Gasteiger partial charge in [-0.1, -0.05) is 6.07 Å². The van der Waals surface area contributed by atoms with Crippen LogP contribution in [0.1, 0.15) is 11.6 Å². The van der Waals surface area contributed by atoms with Crippen LogP contribution < -0.4 is 10.5 Å². The standard InChI is InChI=1S/C10H10F5NO2.ClH/c1-18-6-4-2-3-5(17)7(6)8(16)9(11,12)10(13,14)15;/h2-4,8,17H,16H2,1H3;1H/t8-;/m0./s1. The van der Waals surface area contributed by atoms with Crippen LogP contribution in [0, 0.1) is 0 Å². The lowest BCUT2D eigenvalue weighted by molar-refractivity contribution is -0.291. The second-order valence-electron chi connectivity index (χ2n) is 3.49. The third-order valence-corrected chi connectivity index (χ3v) is 2.34. The fourth-order valence-electron chi connectivity index (χ4n) is 1.38. The Kier molecular flexibility index (Phi) is 5.40. The molecule has 0 amide bonds. The number of rotatable bonds is 3. The van der Waals surface area contributed by atoms with E-state index in [1.165, 1.54) is 6.07 Å². The van der Waals surface area contributed by atoms with Gasteiger partial charge in [-0.05, 0) is 12.1 Å². The van der Waals surface area contributed by atoms with E-state index in [-0.39, 0.29) is 18.2 Å². The lowest BCUT2D eigenvalue weighted by Gasteiger charge is -2.27. The van der Waals surface area contributed by atoms with Crippen LogP contribution in [0.2, 0.25) is 0 Å². The molecule has 19 heavy (non-hydrogen) atoms. The monoisotopic (exact) mass is 307 g/mol. The van der Waals surface area contributed by atoms with E-state index in [1.807, 2.05) is 0 Å². The van der Waals surface area contributed by atoms with Crippen LogP contribution in [0.3, 0.4) is 0 Å². The summed E-state index contributed by atoms with van der Waals surface area (Å²) in [5.74, 6) is -6.31. The summed E-state index contributed by atoms with van der Waals surface area (Å²) < 4.78 is 67.3. The highest BCUT2D eigenvalue weighted by Gasteiger charge is 2.62. The molecule has 0 saturated heterocycles. The molecule has 3 nitrogen and oxygen atoms in total. The molecule has 1 aromatic rings. The van der Waals surface area contributed by atoms with Gasteiger partial charge in [0.15, 0.2) is 0 Å². The molecule has 0 radical (unpaired) electrons. The van der Waals surface area contributed by atoms with Crippen molar-refractivity contribution in [1.82, 2.24) is 0 Å². The normalized spacial score (nSPS) is 13.6. The maximum atomic E-state index is 13.1. The molecule has 0 spiro atoms. The summed E-state index contributed by atoms with van der Waals surface area (Å²) in [6, 6.07) is 0.551. The van der Waals surface area contributed by atoms with Crippen molar-refractivity contribution in [2.45, 2.75) is 18.1 Å². The molecule has 0 heterocycles. The van der Waals surface area contributed by atoms with Crippen molar-refractivity contribution in [2.75, 3.05) is 7.11 Å². The molecule has 0 aliphatic carbocycles. The quantitative estimate of drug-likeness (QED) is 0.844. The van der Waals surface area contributed by atoms with Crippen molar-refractivity contribution in [3.63, 3.8) is 0 Å². The van der Waals surface area contributed by atoms with Crippen molar-refractivity contribution in [1.29, 1.82) is 0 Å². The summed E-state index contributed by atoms with van der Waals surface area (Å²) in [6.07, 6.45) is -5.82. The van der Waals surface area contributed by atoms with Crippen LogP contribution in [0.4, 0.5) is 22.0 Å². The first kappa shape index (κ1) is 17.7. The lowest BCUT2D eigenvalue weighted by Crippen LogP contribution is -2.46. The number of nitrogens with two attached hydrogens (primary N) is 1. The Morgan fingerprint density at radius 3 is 2.16 bits per heavy atom. The van der Waals surface area contributed by atoms with Crippen LogP contribution in [0.15, 0.2) is 18.2 Å². The molecule has 0 aromatic heterocycles. The van der Waals surface area contributed by atoms with Crippen molar-refractivity contribution < 1.29 is 31.8 Å². The molecule has 1 aromatic carbocycles. The van der Waals surface area contributed by atoms with E-state index in [1.54, 1.807) is 0 Å². The van der Waals surface area contributed by atoms with Crippen molar-refractivity contribution in [2.24, 2.45) is 5.73 Å². The minimum atomic E-state index is -5.82. The van der Waals surface area contributed by atoms with Crippen LogP contribution >= 0.6 is 12.4 Å². The molecular formula is C10H11ClF5NO2. The Labute approximate surface area is 111 Å². The molecule has 1 atom stereocenters. The molecule has 0 aliphatic rings. The Balaban J connectivity index is 0.00000324. The van der Waals surface area contributed by atoms with E-state index >= 15 is 0 Å². The first-order chi connectivity index (χ1) is 8.13. The zero-order valence-corrected chi connectivity index (χ0v) is 10.4. The summed E-state index contributed by atoms with van der Waals surface area (Å²) in [4.78, 5) is 0. The van der Waals surface area contributed by atoms with Crippen molar-refractivity contribution in [3.05, 3.63) is 23.8 Å². The highest BCUT2D eigenvalue weighted by molar-refractivity contribution is 5.85. The van der Waals surface area contributed by atoms with Gasteiger partial charge in [-0.3, -0.25) is 0 Å². The average molecular weight is 308 g/mol. The third-order valence-electron chi connectivity index (χ3n) is 2.34. The molecule has 0 fully saturated rings. The number of ether oxygens (including phenoxy) is 1. The predicted octanol–water partition coefficient (Wildman–Crippen LogP) is 3.02. The van der Waals surface area contributed by atoms with E-state index in [2.05, 4.69) is 4.74 Å². The SMILES string of the molecule is COc1cccc(O)c1[C@H](N)C(F)(F)C(F)(F)F.Cl. The largest absolute Gasteiger partial charge is 0.507 e. The molecule has 0 saturated carbocycles. The van der Waals surface area contributed by atoms with Crippen LogP contribution in [-0.2, 0) is 0 Å². The fraction of sp³-hybridized carbons (Fsp3) is 0.400. The third kappa shape index (κ3) is 3.19. The van der Waals surface area contributed by atoms with E-state index in [4.69, 9.17) is 5.73 Å². The van der Waals surface area contributed by atoms with E-state index in [0.717, 1.165) is 19.2 Å². The van der Waals surface area contributed by atoms with Gasteiger partial charge in [0, 0.05) is 0 Å². The van der Waals surface area contributed by atoms with Crippen molar-refractivity contribution in [3.8, 4) is 11.5 Å². The summed E-state index contributed by atoms with van der Waals surface area (Å²) in [6.45, 7) is 0. The summed E-state index contributed by atoms with van der Waals surface area (Å²) in [7, 11) is 1.07. The number of aromatic hydroxyl groups is 1. The van der Waals surface area contributed by atoms with Crippen LogP contribution in [0.25, 0.3) is 0 Å². The molecule has 9 heteroatoms. The zero-order chi connectivity index (χ0) is 14.1. The maximum Gasteiger partial charge on any atom is 0.455 e. The molecule has 3 N–H and O–H groups in total. The minimum absolute atomic E-state index is 0. The highest BCUT2D eigenvalue weighted by atomic mass is 35.5. The second kappa shape index (κ2) is 5.79. The average Bonchev–Trinajstić information content (AvgIpc) is 2.26. The van der Waals surface area contributed by atoms with E-state index in [9.17, 15) is 27.1 Å². The number of benzene rings is 1. The van der Waals surface area contributed by atoms with E-state index in [0.29, 0.717) is 0 Å².